The third kappa shape index (κ3) is 2.85. The van der Waals surface area contributed by atoms with Crippen LogP contribution in [0.2, 0.25) is 0 Å². The van der Waals surface area contributed by atoms with Crippen molar-refractivity contribution in [2.45, 2.75) is 50.6 Å². The summed E-state index contributed by atoms with van der Waals surface area (Å²) >= 11 is 0. The lowest BCUT2D eigenvalue weighted by molar-refractivity contribution is 0.262. The van der Waals surface area contributed by atoms with Gasteiger partial charge in [-0.25, -0.2) is 0 Å². The monoisotopic (exact) mass is 258 g/mol. The molecule has 2 heteroatoms. The first-order chi connectivity index (χ1) is 9.24. The van der Waals surface area contributed by atoms with Crippen LogP contribution in [0.5, 0.6) is 0 Å². The molecule has 2 unspecified atom stereocenters. The summed E-state index contributed by atoms with van der Waals surface area (Å²) in [7, 11) is 4.43. The van der Waals surface area contributed by atoms with E-state index in [1.165, 1.54) is 50.6 Å². The molecule has 2 nitrogen and oxygen atoms in total. The number of benzene rings is 1. The van der Waals surface area contributed by atoms with E-state index < -0.39 is 0 Å². The van der Waals surface area contributed by atoms with Gasteiger partial charge in [-0.1, -0.05) is 18.2 Å². The van der Waals surface area contributed by atoms with Gasteiger partial charge in [0.2, 0.25) is 0 Å². The van der Waals surface area contributed by atoms with Gasteiger partial charge in [0.05, 0.1) is 0 Å². The highest BCUT2D eigenvalue weighted by Gasteiger charge is 2.23. The largest absolute Gasteiger partial charge is 0.314 e. The minimum atomic E-state index is 0.557. The summed E-state index contributed by atoms with van der Waals surface area (Å²) in [5.74, 6) is 0. The molecule has 1 aromatic carbocycles. The predicted octanol–water partition coefficient (Wildman–Crippen LogP) is 2.92. The molecule has 2 aliphatic rings. The third-order valence-corrected chi connectivity index (χ3v) is 4.80. The molecule has 0 aromatic heterocycles. The summed E-state index contributed by atoms with van der Waals surface area (Å²) in [6.45, 7) is 1.20. The summed E-state index contributed by atoms with van der Waals surface area (Å²) in [6.07, 6.45) is 7.84. The number of hydrogen-bond acceptors (Lipinski definition) is 2. The zero-order chi connectivity index (χ0) is 13.2. The second-order valence-electron chi connectivity index (χ2n) is 6.39. The molecule has 1 N–H and O–H groups in total. The second-order valence-corrected chi connectivity index (χ2v) is 6.39. The van der Waals surface area contributed by atoms with E-state index in [4.69, 9.17) is 0 Å². The Morgan fingerprint density at radius 2 is 2.05 bits per heavy atom. The van der Waals surface area contributed by atoms with E-state index in [0.717, 1.165) is 0 Å². The van der Waals surface area contributed by atoms with E-state index >= 15 is 0 Å². The maximum atomic E-state index is 3.64. The molecule has 0 amide bonds. The molecule has 0 radical (unpaired) electrons. The van der Waals surface area contributed by atoms with Crippen molar-refractivity contribution in [1.29, 1.82) is 0 Å². The van der Waals surface area contributed by atoms with Crippen LogP contribution in [0.4, 0.5) is 0 Å². The maximum Gasteiger partial charge on any atom is 0.0356 e. The highest BCUT2D eigenvalue weighted by atomic mass is 15.1. The van der Waals surface area contributed by atoms with Crippen LogP contribution in [0.3, 0.4) is 0 Å². The summed E-state index contributed by atoms with van der Waals surface area (Å²) in [5.41, 5.74) is 4.70. The zero-order valence-electron chi connectivity index (χ0n) is 12.3. The van der Waals surface area contributed by atoms with Gasteiger partial charge in [-0.3, -0.25) is 0 Å². The van der Waals surface area contributed by atoms with Crippen LogP contribution in [-0.4, -0.2) is 31.6 Å². The quantitative estimate of drug-likeness (QED) is 0.893. The average molecular weight is 258 g/mol. The third-order valence-electron chi connectivity index (χ3n) is 4.80. The predicted molar refractivity (Wildman–Crippen MR) is 80.5 cm³/mol. The van der Waals surface area contributed by atoms with Gasteiger partial charge in [0.25, 0.3) is 0 Å². The molecule has 0 saturated carbocycles. The SMILES string of the molecule is CN(C)C(CC1CCCN1)c1ccc2c(c1)CCC2. The van der Waals surface area contributed by atoms with Crippen molar-refractivity contribution >= 4 is 0 Å². The van der Waals surface area contributed by atoms with Gasteiger partial charge in [-0.2, -0.15) is 0 Å². The second kappa shape index (κ2) is 5.64. The van der Waals surface area contributed by atoms with Crippen molar-refractivity contribution in [3.63, 3.8) is 0 Å². The normalized spacial score (nSPS) is 23.8. The topological polar surface area (TPSA) is 15.3 Å². The number of nitrogens with one attached hydrogen (secondary N) is 1. The average Bonchev–Trinajstić information content (AvgIpc) is 3.05. The Bertz CT molecular complexity index is 433. The van der Waals surface area contributed by atoms with E-state index in [-0.39, 0.29) is 0 Å². The molecule has 1 aliphatic heterocycles. The fourth-order valence-corrected chi connectivity index (χ4v) is 3.67. The summed E-state index contributed by atoms with van der Waals surface area (Å²) in [5, 5.41) is 3.64. The lowest BCUT2D eigenvalue weighted by atomic mass is 9.95. The fourth-order valence-electron chi connectivity index (χ4n) is 3.67. The zero-order valence-corrected chi connectivity index (χ0v) is 12.3. The van der Waals surface area contributed by atoms with Gasteiger partial charge in [-0.05, 0) is 75.9 Å². The Kier molecular flexibility index (Phi) is 3.90. The van der Waals surface area contributed by atoms with Crippen molar-refractivity contribution < 1.29 is 0 Å². The van der Waals surface area contributed by atoms with E-state index in [0.29, 0.717) is 12.1 Å². The van der Waals surface area contributed by atoms with Crippen LogP contribution in [0, 0.1) is 0 Å². The molecule has 1 heterocycles. The maximum absolute atomic E-state index is 3.64. The van der Waals surface area contributed by atoms with E-state index in [2.05, 4.69) is 42.5 Å². The number of hydrogen-bond donors (Lipinski definition) is 1. The lowest BCUT2D eigenvalue weighted by Crippen LogP contribution is -2.29. The molecule has 1 fully saturated rings. The van der Waals surface area contributed by atoms with Crippen molar-refractivity contribution in [2.75, 3.05) is 20.6 Å². The molecule has 3 rings (SSSR count). The Morgan fingerprint density at radius 3 is 2.79 bits per heavy atom. The first-order valence-electron chi connectivity index (χ1n) is 7.75. The van der Waals surface area contributed by atoms with E-state index in [9.17, 15) is 0 Å². The molecule has 104 valence electrons. The lowest BCUT2D eigenvalue weighted by Gasteiger charge is -2.28. The standard InChI is InChI=1S/C17H26N2/c1-19(2)17(12-16-7-4-10-18-16)15-9-8-13-5-3-6-14(13)11-15/h8-9,11,16-18H,3-7,10,12H2,1-2H3. The highest BCUT2D eigenvalue weighted by Crippen LogP contribution is 2.30. The molecule has 1 saturated heterocycles. The van der Waals surface area contributed by atoms with Crippen molar-refractivity contribution in [3.05, 3.63) is 34.9 Å². The Labute approximate surface area is 117 Å². The Balaban J connectivity index is 1.79. The minimum absolute atomic E-state index is 0.557. The number of fused-ring (bicyclic) bond motifs is 1. The Morgan fingerprint density at radius 1 is 1.21 bits per heavy atom. The molecule has 1 aromatic rings. The highest BCUT2D eigenvalue weighted by molar-refractivity contribution is 5.36. The van der Waals surface area contributed by atoms with Crippen molar-refractivity contribution in [2.24, 2.45) is 0 Å². The first-order valence-corrected chi connectivity index (χ1v) is 7.75. The number of rotatable bonds is 4. The van der Waals surface area contributed by atoms with Gasteiger partial charge in [0.1, 0.15) is 0 Å². The van der Waals surface area contributed by atoms with Crippen LogP contribution in [-0.2, 0) is 12.8 Å². The summed E-state index contributed by atoms with van der Waals surface area (Å²) in [4.78, 5) is 2.39. The van der Waals surface area contributed by atoms with Crippen LogP contribution in [0.1, 0.15) is 48.4 Å². The van der Waals surface area contributed by atoms with Crippen molar-refractivity contribution in [1.82, 2.24) is 10.2 Å². The summed E-state index contributed by atoms with van der Waals surface area (Å²) < 4.78 is 0. The molecule has 0 bridgehead atoms. The molecule has 0 spiro atoms. The smallest absolute Gasteiger partial charge is 0.0356 e. The van der Waals surface area contributed by atoms with E-state index in [1.807, 2.05) is 0 Å². The molecule has 19 heavy (non-hydrogen) atoms. The first kappa shape index (κ1) is 13.1. The van der Waals surface area contributed by atoms with Gasteiger partial charge in [0, 0.05) is 12.1 Å². The van der Waals surface area contributed by atoms with Gasteiger partial charge in [0.15, 0.2) is 0 Å². The van der Waals surface area contributed by atoms with Crippen molar-refractivity contribution in [3.8, 4) is 0 Å². The molecular formula is C17H26N2. The van der Waals surface area contributed by atoms with Gasteiger partial charge < -0.3 is 10.2 Å². The Hall–Kier alpha value is -0.860. The van der Waals surface area contributed by atoms with Crippen LogP contribution in [0.15, 0.2) is 18.2 Å². The van der Waals surface area contributed by atoms with Gasteiger partial charge in [-0.15, -0.1) is 0 Å². The van der Waals surface area contributed by atoms with Gasteiger partial charge >= 0.3 is 0 Å². The van der Waals surface area contributed by atoms with E-state index in [1.54, 1.807) is 11.1 Å². The number of aryl methyl sites for hydroxylation is 2. The molecule has 2 atom stereocenters. The summed E-state index contributed by atoms with van der Waals surface area (Å²) in [6, 6.07) is 8.48. The molecule has 1 aliphatic carbocycles. The fraction of sp³-hybridized carbons (Fsp3) is 0.647. The van der Waals surface area contributed by atoms with Crippen LogP contribution in [0.25, 0.3) is 0 Å². The van der Waals surface area contributed by atoms with Crippen LogP contribution >= 0.6 is 0 Å². The minimum Gasteiger partial charge on any atom is -0.314 e. The number of nitrogens with zero attached hydrogens (tertiary/aromatic N) is 1. The molecular weight excluding hydrogens is 232 g/mol. The van der Waals surface area contributed by atoms with Crippen LogP contribution < -0.4 is 5.32 Å².